The predicted octanol–water partition coefficient (Wildman–Crippen LogP) is 3.51. The first-order chi connectivity index (χ1) is 11.3. The maximum absolute atomic E-state index is 13.5. The van der Waals surface area contributed by atoms with Gasteiger partial charge in [-0.05, 0) is 38.4 Å². The summed E-state index contributed by atoms with van der Waals surface area (Å²) in [4.78, 5) is 2.19. The topological polar surface area (TPSA) is 46.6 Å². The summed E-state index contributed by atoms with van der Waals surface area (Å²) in [6, 6.07) is 4.09. The van der Waals surface area contributed by atoms with E-state index < -0.39 is 15.7 Å². The summed E-state index contributed by atoms with van der Waals surface area (Å²) in [5.41, 5.74) is 0. The zero-order valence-corrected chi connectivity index (χ0v) is 15.6. The number of hydrogen-bond donors (Lipinski definition) is 0. The quantitative estimate of drug-likeness (QED) is 0.714. The van der Waals surface area contributed by atoms with Gasteiger partial charge < -0.3 is 9.64 Å². The average Bonchev–Trinajstić information content (AvgIpc) is 2.98. The van der Waals surface area contributed by atoms with Gasteiger partial charge in [0, 0.05) is 24.9 Å². The molecule has 4 nitrogen and oxygen atoms in total. The van der Waals surface area contributed by atoms with Gasteiger partial charge in [-0.1, -0.05) is 25.7 Å². The first kappa shape index (κ1) is 19.2. The van der Waals surface area contributed by atoms with E-state index in [-0.39, 0.29) is 10.6 Å². The summed E-state index contributed by atoms with van der Waals surface area (Å²) >= 11 is 0. The van der Waals surface area contributed by atoms with Crippen molar-refractivity contribution in [2.24, 2.45) is 5.92 Å². The Morgan fingerprint density at radius 2 is 1.96 bits per heavy atom. The Labute approximate surface area is 144 Å². The number of likely N-dealkylation sites (N-methyl/N-ethyl adjacent to an activating group) is 1. The molecule has 2 rings (SSSR count). The van der Waals surface area contributed by atoms with Crippen molar-refractivity contribution in [1.29, 1.82) is 0 Å². The third-order valence-electron chi connectivity index (χ3n) is 4.89. The molecule has 0 amide bonds. The van der Waals surface area contributed by atoms with E-state index in [1.54, 1.807) is 0 Å². The molecular weight excluding hydrogens is 329 g/mol. The molecule has 0 aromatic heterocycles. The number of sulfone groups is 1. The minimum absolute atomic E-state index is 0.0551. The van der Waals surface area contributed by atoms with Gasteiger partial charge in [-0.15, -0.1) is 0 Å². The zero-order valence-electron chi connectivity index (χ0n) is 14.8. The standard InChI is InChI=1S/C18H28FNO3S/c1-14(10-15-6-4-5-7-15)20(2)8-9-23-17-11-16(19)12-18(13-17)24(3,21)22/h11-15H,4-10H2,1-3H3. The average molecular weight is 357 g/mol. The van der Waals surface area contributed by atoms with Crippen molar-refractivity contribution < 1.29 is 17.5 Å². The van der Waals surface area contributed by atoms with Crippen molar-refractivity contribution >= 4 is 9.84 Å². The summed E-state index contributed by atoms with van der Waals surface area (Å²) in [7, 11) is -1.38. The molecule has 1 aromatic carbocycles. The minimum atomic E-state index is -3.45. The molecule has 0 saturated heterocycles. The van der Waals surface area contributed by atoms with Crippen molar-refractivity contribution in [3.05, 3.63) is 24.0 Å². The van der Waals surface area contributed by atoms with Crippen LogP contribution in [0.2, 0.25) is 0 Å². The number of benzene rings is 1. The molecule has 1 aliphatic carbocycles. The lowest BCUT2D eigenvalue weighted by Crippen LogP contribution is -2.34. The second kappa shape index (κ2) is 8.30. The SMILES string of the molecule is CC(CC1CCCC1)N(C)CCOc1cc(F)cc(S(C)(=O)=O)c1. The van der Waals surface area contributed by atoms with Crippen LogP contribution in [0, 0.1) is 11.7 Å². The van der Waals surface area contributed by atoms with Gasteiger partial charge in [-0.2, -0.15) is 0 Å². The molecule has 0 N–H and O–H groups in total. The van der Waals surface area contributed by atoms with Crippen LogP contribution in [0.25, 0.3) is 0 Å². The summed E-state index contributed by atoms with van der Waals surface area (Å²) in [5.74, 6) is 0.493. The molecule has 0 bridgehead atoms. The van der Waals surface area contributed by atoms with Crippen molar-refractivity contribution in [2.75, 3.05) is 26.5 Å². The van der Waals surface area contributed by atoms with E-state index in [2.05, 4.69) is 18.9 Å². The highest BCUT2D eigenvalue weighted by atomic mass is 32.2. The van der Waals surface area contributed by atoms with Crippen LogP contribution in [0.15, 0.2) is 23.1 Å². The van der Waals surface area contributed by atoms with E-state index in [1.807, 2.05) is 0 Å². The number of ether oxygens (including phenoxy) is 1. The third-order valence-corrected chi connectivity index (χ3v) is 5.98. The summed E-state index contributed by atoms with van der Waals surface area (Å²) < 4.78 is 42.2. The van der Waals surface area contributed by atoms with E-state index in [1.165, 1.54) is 44.2 Å². The van der Waals surface area contributed by atoms with Gasteiger partial charge in [0.05, 0.1) is 4.90 Å². The Morgan fingerprint density at radius 1 is 1.29 bits per heavy atom. The highest BCUT2D eigenvalue weighted by Gasteiger charge is 2.20. The van der Waals surface area contributed by atoms with E-state index in [0.29, 0.717) is 12.6 Å². The van der Waals surface area contributed by atoms with Gasteiger partial charge in [0.1, 0.15) is 18.2 Å². The highest BCUT2D eigenvalue weighted by molar-refractivity contribution is 7.90. The monoisotopic (exact) mass is 357 g/mol. The van der Waals surface area contributed by atoms with E-state index >= 15 is 0 Å². The normalized spacial score (nSPS) is 17.4. The molecule has 136 valence electrons. The van der Waals surface area contributed by atoms with Crippen molar-refractivity contribution in [3.8, 4) is 5.75 Å². The molecule has 0 heterocycles. The van der Waals surface area contributed by atoms with Gasteiger partial charge in [-0.25, -0.2) is 12.8 Å². The minimum Gasteiger partial charge on any atom is -0.492 e. The Hall–Kier alpha value is -1.14. The van der Waals surface area contributed by atoms with Crippen molar-refractivity contribution in [1.82, 2.24) is 4.90 Å². The van der Waals surface area contributed by atoms with Crippen LogP contribution in [0.1, 0.15) is 39.0 Å². The smallest absolute Gasteiger partial charge is 0.175 e. The van der Waals surface area contributed by atoms with Gasteiger partial charge in [-0.3, -0.25) is 0 Å². The first-order valence-corrected chi connectivity index (χ1v) is 10.5. The Morgan fingerprint density at radius 3 is 2.58 bits per heavy atom. The van der Waals surface area contributed by atoms with E-state index in [0.717, 1.165) is 24.8 Å². The van der Waals surface area contributed by atoms with Gasteiger partial charge in [0.25, 0.3) is 0 Å². The van der Waals surface area contributed by atoms with E-state index in [9.17, 15) is 12.8 Å². The Kier molecular flexibility index (Phi) is 6.63. The maximum Gasteiger partial charge on any atom is 0.175 e. The zero-order chi connectivity index (χ0) is 17.7. The maximum atomic E-state index is 13.5. The lowest BCUT2D eigenvalue weighted by molar-refractivity contribution is 0.179. The van der Waals surface area contributed by atoms with Gasteiger partial charge in [0.15, 0.2) is 9.84 Å². The predicted molar refractivity (Wildman–Crippen MR) is 93.7 cm³/mol. The van der Waals surface area contributed by atoms with Crippen LogP contribution in [0.4, 0.5) is 4.39 Å². The fraction of sp³-hybridized carbons (Fsp3) is 0.667. The molecule has 1 unspecified atom stereocenters. The van der Waals surface area contributed by atoms with Crippen LogP contribution in [-0.2, 0) is 9.84 Å². The molecule has 24 heavy (non-hydrogen) atoms. The van der Waals surface area contributed by atoms with E-state index in [4.69, 9.17) is 4.74 Å². The summed E-state index contributed by atoms with van der Waals surface area (Å²) in [6.07, 6.45) is 7.65. The molecule has 0 spiro atoms. The third kappa shape index (κ3) is 5.74. The van der Waals surface area contributed by atoms with Crippen molar-refractivity contribution in [2.45, 2.75) is 50.0 Å². The molecular formula is C18H28FNO3S. The highest BCUT2D eigenvalue weighted by Crippen LogP contribution is 2.29. The first-order valence-electron chi connectivity index (χ1n) is 8.59. The van der Waals surface area contributed by atoms with Crippen LogP contribution >= 0.6 is 0 Å². The molecule has 1 aliphatic rings. The number of rotatable bonds is 8. The van der Waals surface area contributed by atoms with Crippen LogP contribution in [-0.4, -0.2) is 45.8 Å². The molecule has 6 heteroatoms. The second-order valence-corrected chi connectivity index (χ2v) is 8.97. The Bertz CT molecular complexity index is 642. The molecule has 1 saturated carbocycles. The van der Waals surface area contributed by atoms with Gasteiger partial charge >= 0.3 is 0 Å². The fourth-order valence-electron chi connectivity index (χ4n) is 3.27. The molecule has 1 atom stereocenters. The molecule has 1 fully saturated rings. The van der Waals surface area contributed by atoms with Crippen LogP contribution in [0.3, 0.4) is 0 Å². The van der Waals surface area contributed by atoms with Crippen LogP contribution in [0.5, 0.6) is 5.75 Å². The molecule has 1 aromatic rings. The lowest BCUT2D eigenvalue weighted by atomic mass is 9.99. The Balaban J connectivity index is 1.83. The molecule has 0 aliphatic heterocycles. The van der Waals surface area contributed by atoms with Gasteiger partial charge in [0.2, 0.25) is 0 Å². The van der Waals surface area contributed by atoms with Crippen LogP contribution < -0.4 is 4.74 Å². The van der Waals surface area contributed by atoms with Crippen molar-refractivity contribution in [3.63, 3.8) is 0 Å². The number of halogens is 1. The number of nitrogens with zero attached hydrogens (tertiary/aromatic N) is 1. The lowest BCUT2D eigenvalue weighted by Gasteiger charge is -2.27. The summed E-state index contributed by atoms with van der Waals surface area (Å²) in [6.45, 7) is 3.35. The molecule has 0 radical (unpaired) electrons. The fourth-order valence-corrected chi connectivity index (χ4v) is 3.93. The second-order valence-electron chi connectivity index (χ2n) is 6.96. The number of hydrogen-bond acceptors (Lipinski definition) is 4. The summed E-state index contributed by atoms with van der Waals surface area (Å²) in [5, 5.41) is 0. The largest absolute Gasteiger partial charge is 0.492 e.